The zero-order valence-electron chi connectivity index (χ0n) is 10.7. The molecule has 104 valence electrons. The van der Waals surface area contributed by atoms with Crippen LogP contribution in [0.5, 0.6) is 0 Å². The molecule has 5 nitrogen and oxygen atoms in total. The molecule has 3 N–H and O–H groups in total. The van der Waals surface area contributed by atoms with Gasteiger partial charge in [0.1, 0.15) is 6.10 Å². The highest BCUT2D eigenvalue weighted by atomic mass is 32.1. The SMILES string of the molecule is NC(=O)OC(Cc1cscn1)C1CC2CNCC2C1. The van der Waals surface area contributed by atoms with Crippen molar-refractivity contribution >= 4 is 17.4 Å². The first kappa shape index (κ1) is 12.9. The Kier molecular flexibility index (Phi) is 3.70. The Morgan fingerprint density at radius 1 is 1.53 bits per heavy atom. The van der Waals surface area contributed by atoms with Crippen LogP contribution < -0.4 is 11.1 Å². The van der Waals surface area contributed by atoms with Crippen molar-refractivity contribution in [3.63, 3.8) is 0 Å². The van der Waals surface area contributed by atoms with Crippen molar-refractivity contribution in [3.05, 3.63) is 16.6 Å². The lowest BCUT2D eigenvalue weighted by Crippen LogP contribution is -2.31. The van der Waals surface area contributed by atoms with Gasteiger partial charge in [0.05, 0.1) is 11.2 Å². The van der Waals surface area contributed by atoms with Crippen molar-refractivity contribution in [1.29, 1.82) is 0 Å². The number of aromatic nitrogens is 1. The molecule has 3 unspecified atom stereocenters. The largest absolute Gasteiger partial charge is 0.446 e. The van der Waals surface area contributed by atoms with E-state index in [2.05, 4.69) is 10.3 Å². The molecule has 0 bridgehead atoms. The maximum atomic E-state index is 11.1. The fourth-order valence-electron chi connectivity index (χ4n) is 3.51. The van der Waals surface area contributed by atoms with Crippen LogP contribution in [0.3, 0.4) is 0 Å². The number of carbonyl (C=O) groups is 1. The molecule has 2 fully saturated rings. The number of hydrogen-bond acceptors (Lipinski definition) is 5. The number of nitrogens with two attached hydrogens (primary N) is 1. The molecule has 1 aromatic heterocycles. The van der Waals surface area contributed by atoms with Crippen molar-refractivity contribution in [2.45, 2.75) is 25.4 Å². The first-order valence-corrected chi connectivity index (χ1v) is 7.70. The Bertz CT molecular complexity index is 425. The van der Waals surface area contributed by atoms with Gasteiger partial charge in [-0.1, -0.05) is 0 Å². The van der Waals surface area contributed by atoms with Crippen LogP contribution in [0.4, 0.5) is 4.79 Å². The second-order valence-corrected chi connectivity index (χ2v) is 6.29. The predicted molar refractivity (Wildman–Crippen MR) is 72.8 cm³/mol. The molecule has 1 saturated heterocycles. The summed E-state index contributed by atoms with van der Waals surface area (Å²) in [7, 11) is 0. The highest BCUT2D eigenvalue weighted by molar-refractivity contribution is 7.07. The van der Waals surface area contributed by atoms with E-state index in [1.54, 1.807) is 11.3 Å². The summed E-state index contributed by atoms with van der Waals surface area (Å²) in [6.45, 7) is 2.20. The van der Waals surface area contributed by atoms with E-state index in [1.807, 2.05) is 10.9 Å². The van der Waals surface area contributed by atoms with Crippen molar-refractivity contribution in [1.82, 2.24) is 10.3 Å². The Balaban J connectivity index is 1.67. The second kappa shape index (κ2) is 5.46. The highest BCUT2D eigenvalue weighted by Gasteiger charge is 2.41. The topological polar surface area (TPSA) is 77.2 Å². The molecule has 2 heterocycles. The molecule has 3 atom stereocenters. The summed E-state index contributed by atoms with van der Waals surface area (Å²) in [6.07, 6.45) is 2.14. The summed E-state index contributed by atoms with van der Waals surface area (Å²) in [5.41, 5.74) is 8.02. The Morgan fingerprint density at radius 2 is 2.26 bits per heavy atom. The van der Waals surface area contributed by atoms with E-state index in [0.29, 0.717) is 12.3 Å². The summed E-state index contributed by atoms with van der Waals surface area (Å²) in [4.78, 5) is 15.4. The first-order chi connectivity index (χ1) is 9.22. The number of hydrogen-bond donors (Lipinski definition) is 2. The summed E-state index contributed by atoms with van der Waals surface area (Å²) in [6, 6.07) is 0. The van der Waals surface area contributed by atoms with Gasteiger partial charge in [-0.25, -0.2) is 9.78 Å². The molecular formula is C13H19N3O2S. The van der Waals surface area contributed by atoms with Gasteiger partial charge < -0.3 is 15.8 Å². The zero-order valence-corrected chi connectivity index (χ0v) is 11.6. The van der Waals surface area contributed by atoms with E-state index in [9.17, 15) is 4.79 Å². The maximum absolute atomic E-state index is 11.1. The van der Waals surface area contributed by atoms with E-state index >= 15 is 0 Å². The number of fused-ring (bicyclic) bond motifs is 1. The Labute approximate surface area is 116 Å². The van der Waals surface area contributed by atoms with Gasteiger partial charge in [0.2, 0.25) is 0 Å². The van der Waals surface area contributed by atoms with Gasteiger partial charge in [-0.2, -0.15) is 0 Å². The molecule has 3 rings (SSSR count). The summed E-state index contributed by atoms with van der Waals surface area (Å²) in [5.74, 6) is 1.89. The lowest BCUT2D eigenvalue weighted by Gasteiger charge is -2.23. The fourth-order valence-corrected chi connectivity index (χ4v) is 4.09. The smallest absolute Gasteiger partial charge is 0.404 e. The van der Waals surface area contributed by atoms with E-state index in [4.69, 9.17) is 10.5 Å². The van der Waals surface area contributed by atoms with Gasteiger partial charge in [0.15, 0.2) is 0 Å². The summed E-state index contributed by atoms with van der Waals surface area (Å²) in [5, 5.41) is 5.44. The number of ether oxygens (including phenoxy) is 1. The van der Waals surface area contributed by atoms with Crippen LogP contribution in [0.1, 0.15) is 18.5 Å². The van der Waals surface area contributed by atoms with E-state index in [1.165, 1.54) is 0 Å². The molecule has 0 spiro atoms. The van der Waals surface area contributed by atoms with E-state index in [0.717, 1.165) is 43.5 Å². The molecule has 0 aromatic carbocycles. The van der Waals surface area contributed by atoms with E-state index < -0.39 is 6.09 Å². The minimum absolute atomic E-state index is 0.120. The van der Waals surface area contributed by atoms with Gasteiger partial charge in [-0.05, 0) is 43.7 Å². The van der Waals surface area contributed by atoms with Crippen molar-refractivity contribution in [2.75, 3.05) is 13.1 Å². The molecule has 6 heteroatoms. The third-order valence-electron chi connectivity index (χ3n) is 4.38. The lowest BCUT2D eigenvalue weighted by molar-refractivity contribution is 0.0669. The standard InChI is InChI=1S/C13H19N3O2S/c14-13(17)18-12(3-11-6-19-7-16-11)8-1-9-4-15-5-10(9)2-8/h6-10,12,15H,1-5H2,(H2,14,17). The Morgan fingerprint density at radius 3 is 2.84 bits per heavy atom. The van der Waals surface area contributed by atoms with E-state index in [-0.39, 0.29) is 6.10 Å². The van der Waals surface area contributed by atoms with Crippen molar-refractivity contribution < 1.29 is 9.53 Å². The fraction of sp³-hybridized carbons (Fsp3) is 0.692. The number of nitrogens with one attached hydrogen (secondary N) is 1. The predicted octanol–water partition coefficient (Wildman–Crippen LogP) is 1.40. The Hall–Kier alpha value is -1.14. The molecule has 1 aromatic rings. The third-order valence-corrected chi connectivity index (χ3v) is 5.01. The van der Waals surface area contributed by atoms with Crippen LogP contribution in [-0.4, -0.2) is 30.3 Å². The van der Waals surface area contributed by atoms with Gasteiger partial charge >= 0.3 is 6.09 Å². The van der Waals surface area contributed by atoms with Crippen LogP contribution >= 0.6 is 11.3 Å². The van der Waals surface area contributed by atoms with Gasteiger partial charge in [0, 0.05) is 11.8 Å². The monoisotopic (exact) mass is 281 g/mol. The van der Waals surface area contributed by atoms with Crippen LogP contribution in [0.2, 0.25) is 0 Å². The molecule has 19 heavy (non-hydrogen) atoms. The minimum atomic E-state index is -0.671. The van der Waals surface area contributed by atoms with Crippen LogP contribution in [0, 0.1) is 17.8 Å². The number of primary amides is 1. The zero-order chi connectivity index (χ0) is 13.2. The van der Waals surface area contributed by atoms with Crippen LogP contribution in [0.15, 0.2) is 10.9 Å². The average Bonchev–Trinajstić information content (AvgIpc) is 3.02. The molecule has 2 aliphatic rings. The third kappa shape index (κ3) is 2.90. The molecular weight excluding hydrogens is 262 g/mol. The molecule has 0 radical (unpaired) electrons. The van der Waals surface area contributed by atoms with Crippen LogP contribution in [-0.2, 0) is 11.2 Å². The summed E-state index contributed by atoms with van der Waals surface area (Å²) >= 11 is 1.57. The summed E-state index contributed by atoms with van der Waals surface area (Å²) < 4.78 is 5.36. The minimum Gasteiger partial charge on any atom is -0.446 e. The van der Waals surface area contributed by atoms with Crippen molar-refractivity contribution in [2.24, 2.45) is 23.5 Å². The first-order valence-electron chi connectivity index (χ1n) is 6.76. The van der Waals surface area contributed by atoms with Crippen molar-refractivity contribution in [3.8, 4) is 0 Å². The molecule has 1 amide bonds. The normalized spacial score (nSPS) is 31.1. The lowest BCUT2D eigenvalue weighted by atomic mass is 9.95. The van der Waals surface area contributed by atoms with Gasteiger partial charge in [0.25, 0.3) is 0 Å². The molecule has 1 aliphatic heterocycles. The van der Waals surface area contributed by atoms with Gasteiger partial charge in [-0.3, -0.25) is 0 Å². The second-order valence-electron chi connectivity index (χ2n) is 5.57. The number of thiazole rings is 1. The average molecular weight is 281 g/mol. The van der Waals surface area contributed by atoms with Crippen LogP contribution in [0.25, 0.3) is 0 Å². The van der Waals surface area contributed by atoms with Gasteiger partial charge in [-0.15, -0.1) is 11.3 Å². The quantitative estimate of drug-likeness (QED) is 0.874. The molecule has 1 saturated carbocycles. The molecule has 1 aliphatic carbocycles. The number of rotatable bonds is 4. The maximum Gasteiger partial charge on any atom is 0.404 e. The number of carbonyl (C=O) groups excluding carboxylic acids is 1. The number of amides is 1. The highest BCUT2D eigenvalue weighted by Crippen LogP contribution is 2.41. The number of nitrogens with zero attached hydrogens (tertiary/aromatic N) is 1.